The molecule has 2 aliphatic rings. The van der Waals surface area contributed by atoms with Gasteiger partial charge in [0.25, 0.3) is 0 Å². The SMILES string of the molecule is CC(=O)N1CC[N+]([O-])(c2ccc(OCC3COC(Cn4ccnc4)(c4ccc(Cl)cc4Cl)O3)cc2)CC1. The van der Waals surface area contributed by atoms with Gasteiger partial charge in [-0.25, -0.2) is 4.98 Å². The van der Waals surface area contributed by atoms with Crippen LogP contribution in [0.25, 0.3) is 0 Å². The van der Waals surface area contributed by atoms with Gasteiger partial charge in [0.05, 0.1) is 37.6 Å². The Morgan fingerprint density at radius 2 is 1.97 bits per heavy atom. The van der Waals surface area contributed by atoms with E-state index in [9.17, 15) is 10.0 Å². The number of imidazole rings is 1. The van der Waals surface area contributed by atoms with E-state index in [1.807, 2.05) is 16.8 Å². The predicted molar refractivity (Wildman–Crippen MR) is 140 cm³/mol. The molecule has 0 bridgehead atoms. The summed E-state index contributed by atoms with van der Waals surface area (Å²) in [6.45, 7) is 4.01. The Labute approximate surface area is 225 Å². The van der Waals surface area contributed by atoms with Crippen LogP contribution in [-0.2, 0) is 26.6 Å². The molecule has 2 aliphatic heterocycles. The fraction of sp³-hybridized carbons (Fsp3) is 0.385. The number of hydroxylamine groups is 2. The first-order chi connectivity index (χ1) is 17.8. The van der Waals surface area contributed by atoms with Crippen molar-refractivity contribution in [1.29, 1.82) is 0 Å². The second-order valence-corrected chi connectivity index (χ2v) is 10.2. The van der Waals surface area contributed by atoms with Gasteiger partial charge in [-0.05, 0) is 24.3 Å². The van der Waals surface area contributed by atoms with Gasteiger partial charge in [0.1, 0.15) is 37.2 Å². The Balaban J connectivity index is 1.24. The van der Waals surface area contributed by atoms with Crippen LogP contribution in [-0.4, -0.2) is 65.9 Å². The lowest BCUT2D eigenvalue weighted by Gasteiger charge is -2.47. The molecule has 2 saturated heterocycles. The van der Waals surface area contributed by atoms with Crippen LogP contribution in [0.3, 0.4) is 0 Å². The van der Waals surface area contributed by atoms with Gasteiger partial charge in [0, 0.05) is 42.0 Å². The third-order valence-corrected chi connectivity index (χ3v) is 7.35. The Kier molecular flexibility index (Phi) is 7.44. The molecule has 11 heteroatoms. The summed E-state index contributed by atoms with van der Waals surface area (Å²) in [6.07, 6.45) is 4.85. The third kappa shape index (κ3) is 5.62. The van der Waals surface area contributed by atoms with Gasteiger partial charge in [0.15, 0.2) is 0 Å². The Bertz CT molecular complexity index is 1230. The normalized spacial score (nSPS) is 23.2. The fourth-order valence-corrected chi connectivity index (χ4v) is 5.29. The van der Waals surface area contributed by atoms with Crippen molar-refractivity contribution < 1.29 is 19.0 Å². The highest BCUT2D eigenvalue weighted by molar-refractivity contribution is 6.35. The molecule has 9 nitrogen and oxygen atoms in total. The lowest BCUT2D eigenvalue weighted by atomic mass is 10.1. The molecule has 5 rings (SSSR count). The summed E-state index contributed by atoms with van der Waals surface area (Å²) in [6, 6.07) is 12.4. The van der Waals surface area contributed by atoms with E-state index in [1.54, 1.807) is 53.8 Å². The van der Waals surface area contributed by atoms with E-state index in [0.717, 1.165) is 0 Å². The summed E-state index contributed by atoms with van der Waals surface area (Å²) >= 11 is 12.6. The van der Waals surface area contributed by atoms with E-state index in [0.29, 0.717) is 66.4 Å². The quantitative estimate of drug-likeness (QED) is 0.326. The van der Waals surface area contributed by atoms with Crippen LogP contribution in [0.1, 0.15) is 12.5 Å². The number of benzene rings is 2. The zero-order valence-corrected chi connectivity index (χ0v) is 21.9. The molecular weight excluding hydrogens is 519 g/mol. The van der Waals surface area contributed by atoms with E-state index in [2.05, 4.69) is 4.98 Å². The van der Waals surface area contributed by atoms with E-state index in [1.165, 1.54) is 6.92 Å². The van der Waals surface area contributed by atoms with Crippen molar-refractivity contribution >= 4 is 34.8 Å². The first-order valence-electron chi connectivity index (χ1n) is 12.1. The lowest BCUT2D eigenvalue weighted by Crippen LogP contribution is -2.57. The maximum atomic E-state index is 13.3. The number of hydrogen-bond donors (Lipinski definition) is 0. The molecule has 2 aromatic carbocycles. The largest absolute Gasteiger partial charge is 0.627 e. The van der Waals surface area contributed by atoms with Crippen LogP contribution >= 0.6 is 23.2 Å². The molecule has 1 amide bonds. The number of halogens is 2. The van der Waals surface area contributed by atoms with Crippen LogP contribution in [0.2, 0.25) is 10.0 Å². The maximum Gasteiger partial charge on any atom is 0.219 e. The number of piperazine rings is 1. The number of rotatable bonds is 7. The highest BCUT2D eigenvalue weighted by Crippen LogP contribution is 2.40. The van der Waals surface area contributed by atoms with Gasteiger partial charge >= 0.3 is 0 Å². The molecule has 37 heavy (non-hydrogen) atoms. The molecule has 0 spiro atoms. The topological polar surface area (TPSA) is 88.9 Å². The highest BCUT2D eigenvalue weighted by atomic mass is 35.5. The summed E-state index contributed by atoms with van der Waals surface area (Å²) in [5.41, 5.74) is 1.32. The zero-order chi connectivity index (χ0) is 26.0. The molecule has 1 aromatic heterocycles. The van der Waals surface area contributed by atoms with Crippen LogP contribution in [0.5, 0.6) is 5.75 Å². The second-order valence-electron chi connectivity index (χ2n) is 9.31. The minimum Gasteiger partial charge on any atom is -0.627 e. The molecule has 196 valence electrons. The predicted octanol–water partition coefficient (Wildman–Crippen LogP) is 4.20. The first-order valence-corrected chi connectivity index (χ1v) is 12.8. The summed E-state index contributed by atoms with van der Waals surface area (Å²) in [5, 5.41) is 14.2. The first kappa shape index (κ1) is 26.0. The summed E-state index contributed by atoms with van der Waals surface area (Å²) in [4.78, 5) is 17.4. The molecule has 0 N–H and O–H groups in total. The van der Waals surface area contributed by atoms with Crippen molar-refractivity contribution in [2.75, 3.05) is 39.4 Å². The van der Waals surface area contributed by atoms with Crippen molar-refractivity contribution in [3.63, 3.8) is 0 Å². The van der Waals surface area contributed by atoms with Gasteiger partial charge in [-0.3, -0.25) is 4.79 Å². The number of aromatic nitrogens is 2. The van der Waals surface area contributed by atoms with Gasteiger partial charge in [0.2, 0.25) is 11.7 Å². The van der Waals surface area contributed by atoms with Gasteiger partial charge in [-0.15, -0.1) is 0 Å². The minimum absolute atomic E-state index is 0.000452. The molecule has 2 fully saturated rings. The molecule has 3 heterocycles. The lowest BCUT2D eigenvalue weighted by molar-refractivity contribution is -0.189. The van der Waals surface area contributed by atoms with Crippen molar-refractivity contribution in [2.24, 2.45) is 0 Å². The molecule has 2 unspecified atom stereocenters. The molecular formula is C26H28Cl2N4O5. The second kappa shape index (κ2) is 10.6. The van der Waals surface area contributed by atoms with Crippen LogP contribution in [0.15, 0.2) is 61.2 Å². The third-order valence-electron chi connectivity index (χ3n) is 6.80. The van der Waals surface area contributed by atoms with E-state index in [4.69, 9.17) is 37.4 Å². The van der Waals surface area contributed by atoms with Gasteiger partial charge in [-0.1, -0.05) is 29.3 Å². The van der Waals surface area contributed by atoms with Crippen LogP contribution in [0, 0.1) is 5.21 Å². The Morgan fingerprint density at radius 1 is 1.22 bits per heavy atom. The molecule has 0 aliphatic carbocycles. The number of amides is 1. The van der Waals surface area contributed by atoms with E-state index < -0.39 is 10.4 Å². The number of carbonyl (C=O) groups excluding carboxylic acids is 1. The number of ether oxygens (including phenoxy) is 3. The average Bonchev–Trinajstić information content (AvgIpc) is 3.54. The number of carbonyl (C=O) groups is 1. The van der Waals surface area contributed by atoms with E-state index in [-0.39, 0.29) is 18.6 Å². The van der Waals surface area contributed by atoms with Crippen molar-refractivity contribution in [1.82, 2.24) is 19.1 Å². The molecule has 3 aromatic rings. The fourth-order valence-electron chi connectivity index (χ4n) is 4.74. The maximum absolute atomic E-state index is 13.3. The molecule has 0 radical (unpaired) electrons. The van der Waals surface area contributed by atoms with E-state index >= 15 is 0 Å². The smallest absolute Gasteiger partial charge is 0.219 e. The Morgan fingerprint density at radius 3 is 2.62 bits per heavy atom. The minimum atomic E-state index is -1.12. The Hall–Kier alpha value is -2.66. The average molecular weight is 547 g/mol. The summed E-state index contributed by atoms with van der Waals surface area (Å²) in [7, 11) is 0. The number of quaternary nitrogens is 1. The van der Waals surface area contributed by atoms with Gasteiger partial charge in [-0.2, -0.15) is 0 Å². The van der Waals surface area contributed by atoms with Crippen LogP contribution < -0.4 is 9.38 Å². The standard InChI is InChI=1S/C26H28Cl2N4O5/c1-19(33)31-10-12-32(34,13-11-31)21-3-5-22(6-4-21)35-15-23-16-36-26(37-23,17-30-9-8-29-18-30)24-7-2-20(27)14-25(24)28/h2-9,14,18,23H,10-13,15-17H2,1H3. The van der Waals surface area contributed by atoms with Gasteiger partial charge < -0.3 is 33.5 Å². The zero-order valence-electron chi connectivity index (χ0n) is 20.4. The van der Waals surface area contributed by atoms with Crippen molar-refractivity contribution in [3.8, 4) is 5.75 Å². The monoisotopic (exact) mass is 546 g/mol. The highest BCUT2D eigenvalue weighted by Gasteiger charge is 2.45. The molecule has 2 atom stereocenters. The summed E-state index contributed by atoms with van der Waals surface area (Å²) in [5.74, 6) is -0.500. The number of hydrogen-bond acceptors (Lipinski definition) is 6. The van der Waals surface area contributed by atoms with Crippen LogP contribution in [0.4, 0.5) is 5.69 Å². The van der Waals surface area contributed by atoms with Crippen molar-refractivity contribution in [3.05, 3.63) is 82.0 Å². The molecule has 0 saturated carbocycles. The summed E-state index contributed by atoms with van der Waals surface area (Å²) < 4.78 is 20.0. The number of nitrogens with zero attached hydrogens (tertiary/aromatic N) is 4. The van der Waals surface area contributed by atoms with Crippen molar-refractivity contribution in [2.45, 2.75) is 25.4 Å².